The summed E-state index contributed by atoms with van der Waals surface area (Å²) < 4.78 is 5.09. The van der Waals surface area contributed by atoms with Crippen LogP contribution in [0.1, 0.15) is 21.7 Å². The van der Waals surface area contributed by atoms with Gasteiger partial charge in [-0.25, -0.2) is 0 Å². The number of carbonyl (C=O) groups is 1. The highest BCUT2D eigenvalue weighted by Gasteiger charge is 2.13. The molecule has 2 rings (SSSR count). The van der Waals surface area contributed by atoms with Crippen molar-refractivity contribution in [3.8, 4) is 0 Å². The first-order valence-corrected chi connectivity index (χ1v) is 6.20. The Bertz CT molecular complexity index is 602. The summed E-state index contributed by atoms with van der Waals surface area (Å²) in [5.41, 5.74) is 2.76. The molecule has 0 bridgehead atoms. The summed E-state index contributed by atoms with van der Waals surface area (Å²) in [4.78, 5) is 11.8. The van der Waals surface area contributed by atoms with Gasteiger partial charge < -0.3 is 9.73 Å². The molecule has 0 fully saturated rings. The van der Waals surface area contributed by atoms with E-state index in [-0.39, 0.29) is 16.8 Å². The second-order valence-corrected chi connectivity index (χ2v) is 4.62. The van der Waals surface area contributed by atoms with E-state index in [1.807, 2.05) is 31.2 Å². The number of nitrogens with one attached hydrogen (secondary N) is 2. The summed E-state index contributed by atoms with van der Waals surface area (Å²) in [5.74, 6) is -0.0832. The Morgan fingerprint density at radius 3 is 2.42 bits per heavy atom. The van der Waals surface area contributed by atoms with Gasteiger partial charge in [-0.1, -0.05) is 17.7 Å². The fourth-order valence-electron chi connectivity index (χ4n) is 1.56. The fraction of sp³-hybridized carbons (Fsp3) is 0.143. The van der Waals surface area contributed by atoms with Crippen LogP contribution in [0.15, 0.2) is 41.0 Å². The minimum absolute atomic E-state index is 0.240. The van der Waals surface area contributed by atoms with Crippen LogP contribution in [0.25, 0.3) is 0 Å². The molecule has 0 atom stereocenters. The van der Waals surface area contributed by atoms with E-state index < -0.39 is 0 Å². The number of anilines is 1. The van der Waals surface area contributed by atoms with Gasteiger partial charge in [0, 0.05) is 11.3 Å². The maximum absolute atomic E-state index is 11.8. The highest BCUT2D eigenvalue weighted by Crippen LogP contribution is 2.10. The Morgan fingerprint density at radius 1 is 1.16 bits per heavy atom. The topological polar surface area (TPSA) is 54.3 Å². The lowest BCUT2D eigenvalue weighted by Gasteiger charge is -2.09. The molecule has 0 aliphatic carbocycles. The summed E-state index contributed by atoms with van der Waals surface area (Å²) in [6.45, 7) is 3.80. The van der Waals surface area contributed by atoms with E-state index >= 15 is 0 Å². The van der Waals surface area contributed by atoms with E-state index in [0.717, 1.165) is 16.8 Å². The van der Waals surface area contributed by atoms with Crippen LogP contribution in [0.3, 0.4) is 0 Å². The van der Waals surface area contributed by atoms with Crippen LogP contribution in [0, 0.1) is 13.8 Å². The Labute approximate surface area is 116 Å². The number of thiocarbonyl (C=S) groups is 1. The van der Waals surface area contributed by atoms with Crippen molar-refractivity contribution in [1.82, 2.24) is 5.32 Å². The third-order valence-corrected chi connectivity index (χ3v) is 2.81. The molecule has 5 heteroatoms. The van der Waals surface area contributed by atoms with E-state index in [1.165, 1.54) is 6.26 Å². The zero-order valence-electron chi connectivity index (χ0n) is 10.7. The molecule has 0 aliphatic rings. The van der Waals surface area contributed by atoms with Crippen LogP contribution >= 0.6 is 12.2 Å². The van der Waals surface area contributed by atoms with Crippen molar-refractivity contribution in [1.29, 1.82) is 0 Å². The van der Waals surface area contributed by atoms with Crippen molar-refractivity contribution in [3.05, 3.63) is 53.5 Å². The first kappa shape index (κ1) is 13.3. The van der Waals surface area contributed by atoms with Gasteiger partial charge in [-0.3, -0.25) is 10.1 Å². The van der Waals surface area contributed by atoms with Gasteiger partial charge >= 0.3 is 0 Å². The zero-order chi connectivity index (χ0) is 13.8. The van der Waals surface area contributed by atoms with E-state index in [2.05, 4.69) is 10.6 Å². The second-order valence-electron chi connectivity index (χ2n) is 4.21. The number of furan rings is 1. The largest absolute Gasteiger partial charge is 0.459 e. The first-order chi connectivity index (χ1) is 9.06. The molecule has 1 heterocycles. The maximum atomic E-state index is 11.8. The molecule has 2 N–H and O–H groups in total. The van der Waals surface area contributed by atoms with Crippen molar-refractivity contribution < 1.29 is 9.21 Å². The Balaban J connectivity index is 1.96. The summed E-state index contributed by atoms with van der Waals surface area (Å²) in [7, 11) is 0. The van der Waals surface area contributed by atoms with Crippen LogP contribution < -0.4 is 10.6 Å². The van der Waals surface area contributed by atoms with Crippen LogP contribution in [-0.4, -0.2) is 11.0 Å². The minimum atomic E-state index is -0.355. The molecule has 1 aromatic heterocycles. The van der Waals surface area contributed by atoms with Crippen LogP contribution in [-0.2, 0) is 0 Å². The van der Waals surface area contributed by atoms with Gasteiger partial charge in [0.1, 0.15) is 0 Å². The molecule has 0 radical (unpaired) electrons. The number of hydrogen-bond acceptors (Lipinski definition) is 3. The van der Waals surface area contributed by atoms with Crippen molar-refractivity contribution in [2.75, 3.05) is 5.32 Å². The molecule has 1 aromatic carbocycles. The SMILES string of the molecule is Cc1ccc(NC(=S)NC(=O)c2occc2C)cc1. The predicted molar refractivity (Wildman–Crippen MR) is 78.3 cm³/mol. The molecule has 1 amide bonds. The molecular formula is C14H14N2O2S. The first-order valence-electron chi connectivity index (χ1n) is 5.79. The Kier molecular flexibility index (Phi) is 3.97. The highest BCUT2D eigenvalue weighted by atomic mass is 32.1. The maximum Gasteiger partial charge on any atom is 0.293 e. The minimum Gasteiger partial charge on any atom is -0.459 e. The van der Waals surface area contributed by atoms with Crippen molar-refractivity contribution >= 4 is 28.9 Å². The second kappa shape index (κ2) is 5.67. The molecule has 0 aliphatic heterocycles. The lowest BCUT2D eigenvalue weighted by atomic mass is 10.2. The highest BCUT2D eigenvalue weighted by molar-refractivity contribution is 7.80. The van der Waals surface area contributed by atoms with Gasteiger partial charge in [0.2, 0.25) is 0 Å². The van der Waals surface area contributed by atoms with Gasteiger partial charge in [0.15, 0.2) is 10.9 Å². The van der Waals surface area contributed by atoms with Gasteiger partial charge in [0.05, 0.1) is 6.26 Å². The normalized spacial score (nSPS) is 10.0. The fourth-order valence-corrected chi connectivity index (χ4v) is 1.78. The molecular weight excluding hydrogens is 260 g/mol. The smallest absolute Gasteiger partial charge is 0.293 e. The molecule has 0 spiro atoms. The zero-order valence-corrected chi connectivity index (χ0v) is 11.5. The Hall–Kier alpha value is -2.14. The molecule has 19 heavy (non-hydrogen) atoms. The lowest BCUT2D eigenvalue weighted by molar-refractivity contribution is 0.0950. The van der Waals surface area contributed by atoms with Crippen molar-refractivity contribution in [3.63, 3.8) is 0 Å². The molecule has 0 unspecified atom stereocenters. The number of carbonyl (C=O) groups excluding carboxylic acids is 1. The summed E-state index contributed by atoms with van der Waals surface area (Å²) in [6, 6.07) is 9.44. The Morgan fingerprint density at radius 2 is 1.84 bits per heavy atom. The number of benzene rings is 1. The summed E-state index contributed by atoms with van der Waals surface area (Å²) in [5, 5.41) is 5.75. The monoisotopic (exact) mass is 274 g/mol. The van der Waals surface area contributed by atoms with Gasteiger partial charge in [-0.05, 0) is 44.3 Å². The van der Waals surface area contributed by atoms with Crippen LogP contribution in [0.5, 0.6) is 0 Å². The number of rotatable bonds is 2. The van der Waals surface area contributed by atoms with E-state index in [9.17, 15) is 4.79 Å². The summed E-state index contributed by atoms with van der Waals surface area (Å²) in [6.07, 6.45) is 1.47. The van der Waals surface area contributed by atoms with E-state index in [0.29, 0.717) is 0 Å². The number of aryl methyl sites for hydroxylation is 2. The third-order valence-electron chi connectivity index (χ3n) is 2.60. The van der Waals surface area contributed by atoms with Crippen LogP contribution in [0.2, 0.25) is 0 Å². The van der Waals surface area contributed by atoms with E-state index in [4.69, 9.17) is 16.6 Å². The summed E-state index contributed by atoms with van der Waals surface area (Å²) >= 11 is 5.08. The lowest BCUT2D eigenvalue weighted by Crippen LogP contribution is -2.34. The molecule has 2 aromatic rings. The third kappa shape index (κ3) is 3.42. The molecule has 0 saturated heterocycles. The number of amides is 1. The average Bonchev–Trinajstić information content (AvgIpc) is 2.78. The molecule has 0 saturated carbocycles. The van der Waals surface area contributed by atoms with Gasteiger partial charge in [-0.2, -0.15) is 0 Å². The van der Waals surface area contributed by atoms with Crippen molar-refractivity contribution in [2.24, 2.45) is 0 Å². The van der Waals surface area contributed by atoms with Gasteiger partial charge in [0.25, 0.3) is 5.91 Å². The van der Waals surface area contributed by atoms with Crippen LogP contribution in [0.4, 0.5) is 5.69 Å². The quantitative estimate of drug-likeness (QED) is 0.827. The van der Waals surface area contributed by atoms with Crippen molar-refractivity contribution in [2.45, 2.75) is 13.8 Å². The molecule has 98 valence electrons. The average molecular weight is 274 g/mol. The predicted octanol–water partition coefficient (Wildman–Crippen LogP) is 3.02. The van der Waals surface area contributed by atoms with Gasteiger partial charge in [-0.15, -0.1) is 0 Å². The molecule has 4 nitrogen and oxygen atoms in total. The number of hydrogen-bond donors (Lipinski definition) is 2. The standard InChI is InChI=1S/C14H14N2O2S/c1-9-3-5-11(6-4-9)15-14(19)16-13(17)12-10(2)7-8-18-12/h3-8H,1-2H3,(H2,15,16,17,19). The van der Waals surface area contributed by atoms with E-state index in [1.54, 1.807) is 13.0 Å².